The van der Waals surface area contributed by atoms with Crippen LogP contribution in [-0.2, 0) is 11.4 Å². The van der Waals surface area contributed by atoms with Gasteiger partial charge in [-0.3, -0.25) is 4.79 Å². The normalized spacial score (nSPS) is 17.9. The molecule has 5 nitrogen and oxygen atoms in total. The van der Waals surface area contributed by atoms with Gasteiger partial charge in [0, 0.05) is 6.54 Å². The Morgan fingerprint density at radius 3 is 2.76 bits per heavy atom. The predicted octanol–water partition coefficient (Wildman–Crippen LogP) is 1.63. The van der Waals surface area contributed by atoms with Gasteiger partial charge < -0.3 is 19.6 Å². The van der Waals surface area contributed by atoms with E-state index in [-0.39, 0.29) is 12.5 Å². The number of nitrogens with zero attached hydrogens (tertiary/aromatic N) is 2. The van der Waals surface area contributed by atoms with Gasteiger partial charge in [0.05, 0.1) is 12.3 Å². The number of hydrogen-bond donors (Lipinski definition) is 1. The molecule has 0 bridgehead atoms. The highest BCUT2D eigenvalue weighted by atomic mass is 16.5. The first-order valence-electron chi connectivity index (χ1n) is 7.43. The molecule has 1 N–H and O–H groups in total. The summed E-state index contributed by atoms with van der Waals surface area (Å²) in [4.78, 5) is 16.4. The Hall–Kier alpha value is -1.59. The van der Waals surface area contributed by atoms with Gasteiger partial charge >= 0.3 is 0 Å². The van der Waals surface area contributed by atoms with Crippen LogP contribution >= 0.6 is 0 Å². The molecule has 21 heavy (non-hydrogen) atoms. The summed E-state index contributed by atoms with van der Waals surface area (Å²) in [5.74, 6) is 0.721. The van der Waals surface area contributed by atoms with Crippen molar-refractivity contribution in [3.63, 3.8) is 0 Å². The summed E-state index contributed by atoms with van der Waals surface area (Å²) in [5, 5.41) is 9.24. The van der Waals surface area contributed by atoms with Crippen LogP contribution in [0, 0.1) is 0 Å². The first-order valence-corrected chi connectivity index (χ1v) is 7.43. The Labute approximate surface area is 126 Å². The van der Waals surface area contributed by atoms with Gasteiger partial charge in [-0.05, 0) is 51.2 Å². The Morgan fingerprint density at radius 2 is 2.14 bits per heavy atom. The topological polar surface area (TPSA) is 53.0 Å². The van der Waals surface area contributed by atoms with E-state index >= 15 is 0 Å². The Bertz CT molecular complexity index is 502. The van der Waals surface area contributed by atoms with Gasteiger partial charge in [-0.15, -0.1) is 0 Å². The van der Waals surface area contributed by atoms with Crippen LogP contribution in [0.1, 0.15) is 25.3 Å². The van der Waals surface area contributed by atoms with E-state index in [1.54, 1.807) is 0 Å². The SMILES string of the molecule is CCC1Oc2cc(CO)ccc2N(CCCN(C)C)C1=O. The Morgan fingerprint density at radius 1 is 1.38 bits per heavy atom. The Balaban J connectivity index is 2.23. The largest absolute Gasteiger partial charge is 0.478 e. The summed E-state index contributed by atoms with van der Waals surface area (Å²) in [7, 11) is 4.05. The molecule has 1 heterocycles. The zero-order valence-corrected chi connectivity index (χ0v) is 13.0. The lowest BCUT2D eigenvalue weighted by Crippen LogP contribution is -2.46. The molecule has 1 aliphatic heterocycles. The van der Waals surface area contributed by atoms with Crippen molar-refractivity contribution in [2.75, 3.05) is 32.1 Å². The highest BCUT2D eigenvalue weighted by Crippen LogP contribution is 2.35. The number of amides is 1. The summed E-state index contributed by atoms with van der Waals surface area (Å²) in [5.41, 5.74) is 1.60. The van der Waals surface area contributed by atoms with E-state index in [0.29, 0.717) is 18.7 Å². The fraction of sp³-hybridized carbons (Fsp3) is 0.562. The molecule has 1 aromatic rings. The van der Waals surface area contributed by atoms with Gasteiger partial charge in [0.1, 0.15) is 5.75 Å². The smallest absolute Gasteiger partial charge is 0.268 e. The highest BCUT2D eigenvalue weighted by molar-refractivity contribution is 6.00. The monoisotopic (exact) mass is 292 g/mol. The first kappa shape index (κ1) is 15.8. The lowest BCUT2D eigenvalue weighted by Gasteiger charge is -2.34. The second-order valence-electron chi connectivity index (χ2n) is 5.62. The fourth-order valence-electron chi connectivity index (χ4n) is 2.50. The van der Waals surface area contributed by atoms with E-state index in [0.717, 1.165) is 24.2 Å². The molecule has 1 unspecified atom stereocenters. The van der Waals surface area contributed by atoms with Crippen LogP contribution in [0.3, 0.4) is 0 Å². The summed E-state index contributed by atoms with van der Waals surface area (Å²) < 4.78 is 5.78. The standard InChI is InChI=1S/C16H24N2O3/c1-4-14-16(20)18(9-5-8-17(2)3)13-7-6-12(11-19)10-15(13)21-14/h6-7,10,14,19H,4-5,8-9,11H2,1-3H3. The summed E-state index contributed by atoms with van der Waals surface area (Å²) >= 11 is 0. The molecule has 0 saturated carbocycles. The van der Waals surface area contributed by atoms with Crippen molar-refractivity contribution in [2.24, 2.45) is 0 Å². The minimum absolute atomic E-state index is 0.0258. The molecule has 0 aliphatic carbocycles. The van der Waals surface area contributed by atoms with E-state index < -0.39 is 6.10 Å². The van der Waals surface area contributed by atoms with Crippen LogP contribution in [0.15, 0.2) is 18.2 Å². The van der Waals surface area contributed by atoms with E-state index in [9.17, 15) is 9.90 Å². The lowest BCUT2D eigenvalue weighted by molar-refractivity contribution is -0.126. The fourth-order valence-corrected chi connectivity index (χ4v) is 2.50. The third-order valence-corrected chi connectivity index (χ3v) is 3.67. The van der Waals surface area contributed by atoms with Gasteiger partial charge in [0.15, 0.2) is 6.10 Å². The molecule has 1 aromatic carbocycles. The van der Waals surface area contributed by atoms with Crippen LogP contribution in [0.2, 0.25) is 0 Å². The van der Waals surface area contributed by atoms with Crippen LogP contribution in [0.4, 0.5) is 5.69 Å². The molecular formula is C16H24N2O3. The van der Waals surface area contributed by atoms with Crippen LogP contribution in [0.5, 0.6) is 5.75 Å². The van der Waals surface area contributed by atoms with Crippen molar-refractivity contribution < 1.29 is 14.6 Å². The molecule has 2 rings (SSSR count). The number of aliphatic hydroxyl groups excluding tert-OH is 1. The second kappa shape index (κ2) is 6.91. The third kappa shape index (κ3) is 3.54. The number of hydrogen-bond acceptors (Lipinski definition) is 4. The van der Waals surface area contributed by atoms with Crippen molar-refractivity contribution in [3.8, 4) is 5.75 Å². The van der Waals surface area contributed by atoms with E-state index in [4.69, 9.17) is 4.74 Å². The van der Waals surface area contributed by atoms with Crippen molar-refractivity contribution in [1.82, 2.24) is 4.90 Å². The molecular weight excluding hydrogens is 268 g/mol. The van der Waals surface area contributed by atoms with Gasteiger partial charge in [-0.25, -0.2) is 0 Å². The number of anilines is 1. The number of rotatable bonds is 6. The first-order chi connectivity index (χ1) is 10.1. The van der Waals surface area contributed by atoms with Gasteiger partial charge in [0.25, 0.3) is 5.91 Å². The van der Waals surface area contributed by atoms with Crippen LogP contribution < -0.4 is 9.64 Å². The van der Waals surface area contributed by atoms with Crippen molar-refractivity contribution in [2.45, 2.75) is 32.5 Å². The molecule has 0 spiro atoms. The van der Waals surface area contributed by atoms with Gasteiger partial charge in [0.2, 0.25) is 0 Å². The number of ether oxygens (including phenoxy) is 1. The lowest BCUT2D eigenvalue weighted by atomic mass is 10.1. The van der Waals surface area contributed by atoms with E-state index in [1.807, 2.05) is 44.1 Å². The molecule has 116 valence electrons. The minimum atomic E-state index is -0.425. The predicted molar refractivity (Wildman–Crippen MR) is 82.6 cm³/mol. The van der Waals surface area contributed by atoms with Gasteiger partial charge in [-0.1, -0.05) is 13.0 Å². The average molecular weight is 292 g/mol. The van der Waals surface area contributed by atoms with E-state index in [1.165, 1.54) is 0 Å². The third-order valence-electron chi connectivity index (χ3n) is 3.67. The van der Waals surface area contributed by atoms with Crippen molar-refractivity contribution in [3.05, 3.63) is 23.8 Å². The maximum atomic E-state index is 12.5. The molecule has 5 heteroatoms. The average Bonchev–Trinajstić information content (AvgIpc) is 2.48. The second-order valence-corrected chi connectivity index (χ2v) is 5.62. The molecule has 0 fully saturated rings. The number of carbonyl (C=O) groups is 1. The van der Waals surface area contributed by atoms with Gasteiger partial charge in [-0.2, -0.15) is 0 Å². The van der Waals surface area contributed by atoms with Crippen LogP contribution in [-0.4, -0.2) is 49.2 Å². The summed E-state index contributed by atoms with van der Waals surface area (Å²) in [6.07, 6.45) is 1.13. The molecule has 1 amide bonds. The zero-order chi connectivity index (χ0) is 15.4. The van der Waals surface area contributed by atoms with E-state index in [2.05, 4.69) is 4.90 Å². The maximum absolute atomic E-state index is 12.5. The number of benzene rings is 1. The molecule has 1 atom stereocenters. The summed E-state index contributed by atoms with van der Waals surface area (Å²) in [6.45, 7) is 3.54. The zero-order valence-electron chi connectivity index (χ0n) is 13.0. The number of carbonyl (C=O) groups excluding carboxylic acids is 1. The van der Waals surface area contributed by atoms with Crippen LogP contribution in [0.25, 0.3) is 0 Å². The maximum Gasteiger partial charge on any atom is 0.268 e. The minimum Gasteiger partial charge on any atom is -0.478 e. The summed E-state index contributed by atoms with van der Waals surface area (Å²) in [6, 6.07) is 5.52. The highest BCUT2D eigenvalue weighted by Gasteiger charge is 2.32. The molecule has 0 aromatic heterocycles. The number of aliphatic hydroxyl groups is 1. The van der Waals surface area contributed by atoms with Crippen molar-refractivity contribution in [1.29, 1.82) is 0 Å². The molecule has 0 saturated heterocycles. The number of fused-ring (bicyclic) bond motifs is 1. The quantitative estimate of drug-likeness (QED) is 0.866. The Kier molecular flexibility index (Phi) is 5.20. The molecule has 0 radical (unpaired) electrons. The van der Waals surface area contributed by atoms with Crippen molar-refractivity contribution >= 4 is 11.6 Å². The molecule has 1 aliphatic rings.